The lowest BCUT2D eigenvalue weighted by atomic mass is 10.2. The van der Waals surface area contributed by atoms with Gasteiger partial charge in [-0.2, -0.15) is 0 Å². The first-order valence-electron chi connectivity index (χ1n) is 9.33. The van der Waals surface area contributed by atoms with Crippen LogP contribution in [-0.4, -0.2) is 25.2 Å². The molecule has 0 fully saturated rings. The summed E-state index contributed by atoms with van der Waals surface area (Å²) in [5.74, 6) is -0.371. The first-order chi connectivity index (χ1) is 14.9. The van der Waals surface area contributed by atoms with Gasteiger partial charge in [0.2, 0.25) is 5.91 Å². The molecule has 0 saturated carbocycles. The molecule has 0 radical (unpaired) electrons. The number of aryl methyl sites for hydroxylation is 1. The number of nitrogens with one attached hydrogen (secondary N) is 2. The Morgan fingerprint density at radius 3 is 2.71 bits per heavy atom. The molecule has 0 spiro atoms. The first kappa shape index (κ1) is 20.9. The van der Waals surface area contributed by atoms with Crippen molar-refractivity contribution in [3.8, 4) is 5.69 Å². The minimum Gasteiger partial charge on any atom is -0.349 e. The maximum atomic E-state index is 13.1. The van der Waals surface area contributed by atoms with E-state index in [9.17, 15) is 14.4 Å². The molecular weight excluding hydrogens is 441 g/mol. The minimum absolute atomic E-state index is 0.208. The zero-order valence-corrected chi connectivity index (χ0v) is 17.9. The third-order valence-electron chi connectivity index (χ3n) is 4.89. The van der Waals surface area contributed by atoms with Gasteiger partial charge in [-0.15, -0.1) is 0 Å². The van der Waals surface area contributed by atoms with E-state index in [2.05, 4.69) is 15.4 Å². The topological polar surface area (TPSA) is 102 Å². The fourth-order valence-corrected chi connectivity index (χ4v) is 3.71. The zero-order chi connectivity index (χ0) is 22.1. The highest BCUT2D eigenvalue weighted by Crippen LogP contribution is 2.28. The Kier molecular flexibility index (Phi) is 5.67. The molecule has 10 heteroatoms. The van der Waals surface area contributed by atoms with Crippen LogP contribution in [0.5, 0.6) is 0 Å². The summed E-state index contributed by atoms with van der Waals surface area (Å²) in [6.07, 6.45) is 1.63. The Bertz CT molecular complexity index is 1410. The molecule has 0 aliphatic heterocycles. The predicted octanol–water partition coefficient (Wildman–Crippen LogP) is 2.81. The second-order valence-electron chi connectivity index (χ2n) is 6.87. The largest absolute Gasteiger partial charge is 0.349 e. The molecule has 0 bridgehead atoms. The van der Waals surface area contributed by atoms with Crippen LogP contribution in [0.1, 0.15) is 11.4 Å². The summed E-state index contributed by atoms with van der Waals surface area (Å²) in [5, 5.41) is 6.41. The number of carbonyl (C=O) groups is 1. The SMILES string of the molecule is Cc1c2c(=O)n(-c3cccc(Cl)c3Cl)[nH]c2cc(=O)n1CC(=O)NCc1ccccn1. The number of hydrogen-bond donors (Lipinski definition) is 2. The lowest BCUT2D eigenvalue weighted by molar-refractivity contribution is -0.121. The van der Waals surface area contributed by atoms with E-state index < -0.39 is 11.1 Å². The van der Waals surface area contributed by atoms with Crippen molar-refractivity contribution in [2.24, 2.45) is 0 Å². The third kappa shape index (κ3) is 3.99. The van der Waals surface area contributed by atoms with Gasteiger partial charge in [0, 0.05) is 18.0 Å². The molecule has 0 saturated heterocycles. The Morgan fingerprint density at radius 1 is 1.16 bits per heavy atom. The first-order valence-corrected chi connectivity index (χ1v) is 10.1. The second-order valence-corrected chi connectivity index (χ2v) is 7.65. The Hall–Kier alpha value is -3.36. The van der Waals surface area contributed by atoms with Gasteiger partial charge in [0.05, 0.1) is 38.9 Å². The van der Waals surface area contributed by atoms with Gasteiger partial charge in [0.15, 0.2) is 0 Å². The zero-order valence-electron chi connectivity index (χ0n) is 16.4. The summed E-state index contributed by atoms with van der Waals surface area (Å²) >= 11 is 12.3. The molecule has 4 aromatic rings. The summed E-state index contributed by atoms with van der Waals surface area (Å²) in [4.78, 5) is 42.2. The number of rotatable bonds is 5. The molecule has 158 valence electrons. The van der Waals surface area contributed by atoms with E-state index in [0.717, 1.165) is 0 Å². The van der Waals surface area contributed by atoms with Gasteiger partial charge in [-0.25, -0.2) is 4.68 Å². The molecule has 31 heavy (non-hydrogen) atoms. The maximum absolute atomic E-state index is 13.1. The van der Waals surface area contributed by atoms with Crippen LogP contribution in [0, 0.1) is 6.92 Å². The van der Waals surface area contributed by atoms with Crippen molar-refractivity contribution in [3.05, 3.63) is 90.8 Å². The number of fused-ring (bicyclic) bond motifs is 1. The van der Waals surface area contributed by atoms with Crippen molar-refractivity contribution in [1.82, 2.24) is 24.6 Å². The number of amides is 1. The summed E-state index contributed by atoms with van der Waals surface area (Å²) in [6.45, 7) is 1.63. The number of carbonyl (C=O) groups excluding carboxylic acids is 1. The predicted molar refractivity (Wildman–Crippen MR) is 119 cm³/mol. The summed E-state index contributed by atoms with van der Waals surface area (Å²) in [7, 11) is 0. The normalized spacial score (nSPS) is 11.1. The van der Waals surface area contributed by atoms with Crippen LogP contribution < -0.4 is 16.4 Å². The Balaban J connectivity index is 1.69. The highest BCUT2D eigenvalue weighted by Gasteiger charge is 2.18. The molecule has 1 amide bonds. The Labute approximate surface area is 186 Å². The van der Waals surface area contributed by atoms with Gasteiger partial charge >= 0.3 is 0 Å². The summed E-state index contributed by atoms with van der Waals surface area (Å²) in [5.41, 5.74) is 0.953. The van der Waals surface area contributed by atoms with E-state index in [1.807, 2.05) is 6.07 Å². The third-order valence-corrected chi connectivity index (χ3v) is 5.69. The summed E-state index contributed by atoms with van der Waals surface area (Å²) < 4.78 is 2.49. The maximum Gasteiger partial charge on any atom is 0.280 e. The van der Waals surface area contributed by atoms with Gasteiger partial charge < -0.3 is 9.88 Å². The standard InChI is InChI=1S/C21H17Cl2N5O3/c1-12-19-15(26-28(21(19)31)16-7-4-6-14(22)20(16)23)9-18(30)27(12)11-17(29)25-10-13-5-2-3-8-24-13/h2-9,26H,10-11H2,1H3,(H,25,29). The van der Waals surface area contributed by atoms with Crippen molar-refractivity contribution in [2.75, 3.05) is 0 Å². The van der Waals surface area contributed by atoms with E-state index in [-0.39, 0.29) is 29.4 Å². The molecule has 0 aliphatic rings. The van der Waals surface area contributed by atoms with Gasteiger partial charge in [-0.1, -0.05) is 35.3 Å². The lowest BCUT2D eigenvalue weighted by Crippen LogP contribution is -2.33. The van der Waals surface area contributed by atoms with Crippen LogP contribution in [-0.2, 0) is 17.9 Å². The summed E-state index contributed by atoms with van der Waals surface area (Å²) in [6, 6.07) is 11.6. The molecule has 4 rings (SSSR count). The van der Waals surface area contributed by atoms with E-state index in [1.165, 1.54) is 15.3 Å². The van der Waals surface area contributed by atoms with Crippen LogP contribution >= 0.6 is 23.2 Å². The van der Waals surface area contributed by atoms with Crippen LogP contribution in [0.25, 0.3) is 16.6 Å². The number of benzene rings is 1. The van der Waals surface area contributed by atoms with Crippen molar-refractivity contribution >= 4 is 40.0 Å². The van der Waals surface area contributed by atoms with E-state index in [4.69, 9.17) is 23.2 Å². The number of aromatic nitrogens is 4. The van der Waals surface area contributed by atoms with E-state index in [0.29, 0.717) is 27.6 Å². The molecule has 0 unspecified atom stereocenters. The highest BCUT2D eigenvalue weighted by atomic mass is 35.5. The molecule has 0 aliphatic carbocycles. The van der Waals surface area contributed by atoms with Gasteiger partial charge in [-0.3, -0.25) is 24.5 Å². The van der Waals surface area contributed by atoms with Crippen molar-refractivity contribution in [3.63, 3.8) is 0 Å². The molecule has 2 N–H and O–H groups in total. The van der Waals surface area contributed by atoms with Crippen LogP contribution in [0.3, 0.4) is 0 Å². The molecule has 8 nitrogen and oxygen atoms in total. The highest BCUT2D eigenvalue weighted by molar-refractivity contribution is 6.43. The van der Waals surface area contributed by atoms with Gasteiger partial charge in [0.1, 0.15) is 6.54 Å². The van der Waals surface area contributed by atoms with Crippen molar-refractivity contribution in [1.29, 1.82) is 0 Å². The van der Waals surface area contributed by atoms with Crippen molar-refractivity contribution < 1.29 is 4.79 Å². The average molecular weight is 458 g/mol. The van der Waals surface area contributed by atoms with Gasteiger partial charge in [0.25, 0.3) is 11.1 Å². The quantitative estimate of drug-likeness (QED) is 0.480. The fourth-order valence-electron chi connectivity index (χ4n) is 3.33. The number of nitrogens with zero attached hydrogens (tertiary/aromatic N) is 3. The fraction of sp³-hybridized carbons (Fsp3) is 0.143. The van der Waals surface area contributed by atoms with Crippen LogP contribution in [0.15, 0.2) is 58.3 Å². The monoisotopic (exact) mass is 457 g/mol. The molecular formula is C21H17Cl2N5O3. The molecule has 0 atom stereocenters. The van der Waals surface area contributed by atoms with Crippen LogP contribution in [0.4, 0.5) is 0 Å². The second kappa shape index (κ2) is 8.41. The Morgan fingerprint density at radius 2 is 1.97 bits per heavy atom. The number of H-pyrrole nitrogens is 1. The number of hydrogen-bond acceptors (Lipinski definition) is 4. The lowest BCUT2D eigenvalue weighted by Gasteiger charge is -2.10. The van der Waals surface area contributed by atoms with E-state index >= 15 is 0 Å². The number of pyridine rings is 2. The number of aromatic amines is 1. The van der Waals surface area contributed by atoms with E-state index in [1.54, 1.807) is 43.5 Å². The van der Waals surface area contributed by atoms with Crippen LogP contribution in [0.2, 0.25) is 10.0 Å². The van der Waals surface area contributed by atoms with Crippen molar-refractivity contribution in [2.45, 2.75) is 20.0 Å². The smallest absolute Gasteiger partial charge is 0.280 e. The minimum atomic E-state index is -0.413. The molecule has 3 heterocycles. The molecule has 1 aromatic carbocycles. The van der Waals surface area contributed by atoms with Gasteiger partial charge in [-0.05, 0) is 31.2 Å². The molecule has 3 aromatic heterocycles. The number of halogens is 2. The average Bonchev–Trinajstić information content (AvgIpc) is 3.08.